The molecule has 2 aromatic rings. The number of quaternary nitrogens is 1. The number of carbonyl (C=O) groups is 3. The van der Waals surface area contributed by atoms with Crippen LogP contribution in [0.2, 0.25) is 0 Å². The summed E-state index contributed by atoms with van der Waals surface area (Å²) in [6.07, 6.45) is 0. The highest BCUT2D eigenvalue weighted by Crippen LogP contribution is 2.10. The third-order valence-electron chi connectivity index (χ3n) is 3.67. The van der Waals surface area contributed by atoms with Crippen LogP contribution in [0.25, 0.3) is 0 Å². The van der Waals surface area contributed by atoms with E-state index < -0.39 is 5.82 Å². The second-order valence-corrected chi connectivity index (χ2v) is 6.08. The molecule has 3 amide bonds. The van der Waals surface area contributed by atoms with Crippen LogP contribution >= 0.6 is 0 Å². The number of nitrogens with one attached hydrogen (secondary N) is 4. The van der Waals surface area contributed by atoms with E-state index in [1.807, 2.05) is 0 Å². The summed E-state index contributed by atoms with van der Waals surface area (Å²) in [4.78, 5) is 36.4. The van der Waals surface area contributed by atoms with Crippen molar-refractivity contribution in [3.05, 3.63) is 59.9 Å². The zero-order valence-electron chi connectivity index (χ0n) is 15.1. The lowest BCUT2D eigenvalue weighted by Crippen LogP contribution is -3.11. The van der Waals surface area contributed by atoms with Gasteiger partial charge < -0.3 is 20.9 Å². The van der Waals surface area contributed by atoms with Crippen molar-refractivity contribution in [1.29, 1.82) is 0 Å². The molecule has 142 valence electrons. The molecular formula is C19H22FN4O3+. The van der Waals surface area contributed by atoms with Gasteiger partial charge in [0.25, 0.3) is 17.7 Å². The third-order valence-corrected chi connectivity index (χ3v) is 3.67. The molecule has 0 spiro atoms. The van der Waals surface area contributed by atoms with Crippen LogP contribution in [0, 0.1) is 5.82 Å². The molecular weight excluding hydrogens is 351 g/mol. The molecule has 0 saturated carbocycles. The van der Waals surface area contributed by atoms with Crippen molar-refractivity contribution in [2.45, 2.75) is 0 Å². The lowest BCUT2D eigenvalue weighted by Gasteiger charge is -2.14. The highest BCUT2D eigenvalue weighted by atomic mass is 19.1. The van der Waals surface area contributed by atoms with E-state index in [0.29, 0.717) is 21.8 Å². The summed E-state index contributed by atoms with van der Waals surface area (Å²) in [5.41, 5.74) is 1.30. The number of anilines is 2. The van der Waals surface area contributed by atoms with Gasteiger partial charge in [-0.1, -0.05) is 12.1 Å². The summed E-state index contributed by atoms with van der Waals surface area (Å²) in [5, 5.41) is 7.80. The first kappa shape index (κ1) is 20.1. The molecule has 2 aromatic carbocycles. The SMILES string of the molecule is CNC(=O)c1cccc(NC(=O)C[NH+](C)CC(=O)Nc2cccc(F)c2)c1. The number of amides is 3. The number of hydrogen-bond donors (Lipinski definition) is 4. The molecule has 7 nitrogen and oxygen atoms in total. The van der Waals surface area contributed by atoms with E-state index in [-0.39, 0.29) is 30.8 Å². The molecule has 0 aliphatic heterocycles. The smallest absolute Gasteiger partial charge is 0.279 e. The summed E-state index contributed by atoms with van der Waals surface area (Å²) in [6.45, 7) is 0.100. The van der Waals surface area contributed by atoms with Crippen molar-refractivity contribution < 1.29 is 23.7 Å². The van der Waals surface area contributed by atoms with Crippen LogP contribution in [0.4, 0.5) is 15.8 Å². The van der Waals surface area contributed by atoms with Gasteiger partial charge in [0.05, 0.1) is 7.05 Å². The maximum absolute atomic E-state index is 13.1. The Balaban J connectivity index is 1.84. The zero-order valence-corrected chi connectivity index (χ0v) is 15.1. The van der Waals surface area contributed by atoms with Gasteiger partial charge in [-0.15, -0.1) is 0 Å². The molecule has 27 heavy (non-hydrogen) atoms. The van der Waals surface area contributed by atoms with Gasteiger partial charge in [-0.05, 0) is 36.4 Å². The van der Waals surface area contributed by atoms with Crippen molar-refractivity contribution in [3.63, 3.8) is 0 Å². The van der Waals surface area contributed by atoms with Gasteiger partial charge in [0.1, 0.15) is 5.82 Å². The maximum atomic E-state index is 13.1. The average molecular weight is 373 g/mol. The van der Waals surface area contributed by atoms with E-state index in [0.717, 1.165) is 0 Å². The lowest BCUT2D eigenvalue weighted by atomic mass is 10.2. The van der Waals surface area contributed by atoms with Crippen molar-refractivity contribution in [1.82, 2.24) is 5.32 Å². The minimum atomic E-state index is -0.438. The van der Waals surface area contributed by atoms with Crippen LogP contribution < -0.4 is 20.9 Å². The Hall–Kier alpha value is -3.26. The predicted octanol–water partition coefficient (Wildman–Crippen LogP) is 0.277. The number of benzene rings is 2. The fraction of sp³-hybridized carbons (Fsp3) is 0.211. The first-order chi connectivity index (χ1) is 12.9. The van der Waals surface area contributed by atoms with Gasteiger partial charge in [0, 0.05) is 24.0 Å². The van der Waals surface area contributed by atoms with E-state index in [1.54, 1.807) is 37.4 Å². The first-order valence-electron chi connectivity index (χ1n) is 8.36. The Bertz CT molecular complexity index is 841. The minimum absolute atomic E-state index is 0.0439. The fourth-order valence-electron chi connectivity index (χ4n) is 2.47. The molecule has 0 aliphatic rings. The van der Waals surface area contributed by atoms with Crippen molar-refractivity contribution in [2.75, 3.05) is 37.8 Å². The van der Waals surface area contributed by atoms with Gasteiger partial charge in [-0.3, -0.25) is 14.4 Å². The highest BCUT2D eigenvalue weighted by molar-refractivity contribution is 5.97. The van der Waals surface area contributed by atoms with E-state index in [1.165, 1.54) is 25.2 Å². The van der Waals surface area contributed by atoms with Crippen LogP contribution in [0.15, 0.2) is 48.5 Å². The van der Waals surface area contributed by atoms with E-state index in [9.17, 15) is 18.8 Å². The van der Waals surface area contributed by atoms with Crippen LogP contribution in [0.1, 0.15) is 10.4 Å². The highest BCUT2D eigenvalue weighted by Gasteiger charge is 2.15. The van der Waals surface area contributed by atoms with Crippen LogP contribution in [0.5, 0.6) is 0 Å². The molecule has 8 heteroatoms. The van der Waals surface area contributed by atoms with E-state index in [2.05, 4.69) is 16.0 Å². The quantitative estimate of drug-likeness (QED) is 0.562. The standard InChI is InChI=1S/C19H21FN4O3/c1-21-19(27)13-5-3-7-15(9-13)22-17(25)11-24(2)12-18(26)23-16-8-4-6-14(20)10-16/h3-10H,11-12H2,1-2H3,(H,21,27)(H,22,25)(H,23,26)/p+1. The number of likely N-dealkylation sites (N-methyl/N-ethyl adjacent to an activating group) is 1. The number of hydrogen-bond acceptors (Lipinski definition) is 3. The Kier molecular flexibility index (Phi) is 7.01. The number of rotatable bonds is 7. The second kappa shape index (κ2) is 9.44. The predicted molar refractivity (Wildman–Crippen MR) is 100 cm³/mol. The van der Waals surface area contributed by atoms with Gasteiger partial charge in [-0.25, -0.2) is 4.39 Å². The van der Waals surface area contributed by atoms with Gasteiger partial charge in [0.15, 0.2) is 13.1 Å². The normalized spacial score (nSPS) is 11.4. The Morgan fingerprint density at radius 3 is 2.04 bits per heavy atom. The molecule has 1 atom stereocenters. The molecule has 0 fully saturated rings. The van der Waals surface area contributed by atoms with Crippen molar-refractivity contribution in [2.24, 2.45) is 0 Å². The topological polar surface area (TPSA) is 91.7 Å². The Morgan fingerprint density at radius 1 is 0.926 bits per heavy atom. The van der Waals surface area contributed by atoms with Gasteiger partial charge in [0.2, 0.25) is 0 Å². The van der Waals surface area contributed by atoms with Crippen LogP contribution in [0.3, 0.4) is 0 Å². The van der Waals surface area contributed by atoms with Crippen molar-refractivity contribution in [3.8, 4) is 0 Å². The molecule has 0 radical (unpaired) electrons. The second-order valence-electron chi connectivity index (χ2n) is 6.08. The van der Waals surface area contributed by atoms with E-state index >= 15 is 0 Å². The molecule has 4 N–H and O–H groups in total. The molecule has 0 aliphatic carbocycles. The molecule has 2 rings (SSSR count). The fourth-order valence-corrected chi connectivity index (χ4v) is 2.47. The van der Waals surface area contributed by atoms with E-state index in [4.69, 9.17) is 0 Å². The number of carbonyl (C=O) groups excluding carboxylic acids is 3. The summed E-state index contributed by atoms with van der Waals surface area (Å²) in [6, 6.07) is 12.2. The number of halogens is 1. The molecule has 0 heterocycles. The monoisotopic (exact) mass is 373 g/mol. The van der Waals surface area contributed by atoms with Crippen LogP contribution in [-0.4, -0.2) is 44.9 Å². The molecule has 1 unspecified atom stereocenters. The zero-order chi connectivity index (χ0) is 19.8. The van der Waals surface area contributed by atoms with Gasteiger partial charge in [-0.2, -0.15) is 0 Å². The van der Waals surface area contributed by atoms with Crippen molar-refractivity contribution >= 4 is 29.1 Å². The first-order valence-corrected chi connectivity index (χ1v) is 8.36. The molecule has 0 bridgehead atoms. The summed E-state index contributed by atoms with van der Waals surface area (Å²) in [5.74, 6) is -1.30. The minimum Gasteiger partial charge on any atom is -0.355 e. The summed E-state index contributed by atoms with van der Waals surface area (Å²) >= 11 is 0. The maximum Gasteiger partial charge on any atom is 0.279 e. The molecule has 0 saturated heterocycles. The average Bonchev–Trinajstić information content (AvgIpc) is 2.60. The largest absolute Gasteiger partial charge is 0.355 e. The van der Waals surface area contributed by atoms with Gasteiger partial charge >= 0.3 is 0 Å². The summed E-state index contributed by atoms with van der Waals surface area (Å²) < 4.78 is 13.1. The Morgan fingerprint density at radius 2 is 1.48 bits per heavy atom. The Labute approximate surface area is 156 Å². The summed E-state index contributed by atoms with van der Waals surface area (Å²) in [7, 11) is 3.23. The van der Waals surface area contributed by atoms with Crippen LogP contribution in [-0.2, 0) is 9.59 Å². The third kappa shape index (κ3) is 6.52. The lowest BCUT2D eigenvalue weighted by molar-refractivity contribution is -0.862. The molecule has 0 aromatic heterocycles.